The van der Waals surface area contributed by atoms with Crippen molar-refractivity contribution >= 4 is 17.8 Å². The van der Waals surface area contributed by atoms with Gasteiger partial charge >= 0.3 is 5.97 Å². The number of aliphatic carboxylic acids is 1. The first-order chi connectivity index (χ1) is 14.0. The first kappa shape index (κ1) is 19.4. The number of hydrogen-bond acceptors (Lipinski definition) is 4. The van der Waals surface area contributed by atoms with Crippen LogP contribution in [0.5, 0.6) is 5.75 Å². The predicted octanol–water partition coefficient (Wildman–Crippen LogP) is 3.83. The monoisotopic (exact) mass is 391 g/mol. The number of benzene rings is 2. The van der Waals surface area contributed by atoms with E-state index >= 15 is 0 Å². The van der Waals surface area contributed by atoms with Gasteiger partial charge in [-0.15, -0.1) is 0 Å². The summed E-state index contributed by atoms with van der Waals surface area (Å²) in [6.07, 6.45) is 5.66. The molecule has 1 spiro atoms. The summed E-state index contributed by atoms with van der Waals surface area (Å²) in [5, 5.41) is 8.77. The van der Waals surface area contributed by atoms with E-state index in [0.717, 1.165) is 45.0 Å². The van der Waals surface area contributed by atoms with Crippen molar-refractivity contribution in [3.8, 4) is 5.75 Å². The normalized spacial score (nSPS) is 18.6. The van der Waals surface area contributed by atoms with Crippen LogP contribution >= 0.6 is 0 Å². The average Bonchev–Trinajstić information content (AvgIpc) is 2.73. The third-order valence-corrected chi connectivity index (χ3v) is 5.86. The van der Waals surface area contributed by atoms with Gasteiger partial charge in [-0.3, -0.25) is 4.79 Å². The highest BCUT2D eigenvalue weighted by Gasteiger charge is 2.42. The van der Waals surface area contributed by atoms with E-state index in [4.69, 9.17) is 9.84 Å². The van der Waals surface area contributed by atoms with Crippen LogP contribution in [0.1, 0.15) is 40.7 Å². The van der Waals surface area contributed by atoms with Crippen LogP contribution in [0.2, 0.25) is 0 Å². The topological polar surface area (TPSA) is 66.8 Å². The molecule has 0 bridgehead atoms. The molecular weight excluding hydrogens is 366 g/mol. The van der Waals surface area contributed by atoms with Crippen molar-refractivity contribution < 1.29 is 19.4 Å². The van der Waals surface area contributed by atoms with Crippen molar-refractivity contribution in [3.63, 3.8) is 0 Å². The molecule has 5 nitrogen and oxygen atoms in total. The minimum Gasteiger partial charge on any atom is -0.486 e. The number of ether oxygens (including phenoxy) is 1. The van der Waals surface area contributed by atoms with Crippen LogP contribution in [-0.2, 0) is 11.2 Å². The van der Waals surface area contributed by atoms with Crippen molar-refractivity contribution in [1.82, 2.24) is 4.90 Å². The Morgan fingerprint density at radius 3 is 2.62 bits per heavy atom. The molecule has 2 heterocycles. The van der Waals surface area contributed by atoms with Gasteiger partial charge < -0.3 is 14.7 Å². The predicted molar refractivity (Wildman–Crippen MR) is 111 cm³/mol. The summed E-state index contributed by atoms with van der Waals surface area (Å²) in [5.74, 6) is -0.315. The number of piperidine rings is 1. The van der Waals surface area contributed by atoms with Gasteiger partial charge in [-0.2, -0.15) is 0 Å². The van der Waals surface area contributed by atoms with Gasteiger partial charge in [-0.1, -0.05) is 36.4 Å². The van der Waals surface area contributed by atoms with Gasteiger partial charge in [0.25, 0.3) is 0 Å². The number of carbonyl (C=O) groups excluding carboxylic acids is 1. The van der Waals surface area contributed by atoms with Crippen molar-refractivity contribution in [3.05, 3.63) is 71.3 Å². The molecule has 2 aliphatic heterocycles. The molecular formula is C24H25NO4. The first-order valence-corrected chi connectivity index (χ1v) is 10.1. The second-order valence-electron chi connectivity index (χ2n) is 7.89. The largest absolute Gasteiger partial charge is 0.486 e. The van der Waals surface area contributed by atoms with Gasteiger partial charge in [0.05, 0.1) is 12.0 Å². The summed E-state index contributed by atoms with van der Waals surface area (Å²) >= 11 is 0. The van der Waals surface area contributed by atoms with Crippen molar-refractivity contribution in [2.45, 2.75) is 31.3 Å². The van der Waals surface area contributed by atoms with Crippen LogP contribution in [-0.4, -0.2) is 47.0 Å². The van der Waals surface area contributed by atoms with Crippen LogP contribution in [0.4, 0.5) is 0 Å². The highest BCUT2D eigenvalue weighted by Crippen LogP contribution is 2.39. The molecule has 29 heavy (non-hydrogen) atoms. The zero-order valence-electron chi connectivity index (χ0n) is 16.3. The minimum absolute atomic E-state index is 0.0783. The number of carboxylic acids is 1. The molecule has 1 N–H and O–H groups in total. The number of carboxylic acid groups (broad SMARTS) is 1. The van der Waals surface area contributed by atoms with Gasteiger partial charge in [0, 0.05) is 38.6 Å². The lowest BCUT2D eigenvalue weighted by Crippen LogP contribution is -2.51. The second-order valence-corrected chi connectivity index (χ2v) is 7.89. The van der Waals surface area contributed by atoms with Crippen molar-refractivity contribution in [2.75, 3.05) is 19.6 Å². The van der Waals surface area contributed by atoms with E-state index < -0.39 is 11.6 Å². The average molecular weight is 391 g/mol. The molecule has 2 aromatic rings. The van der Waals surface area contributed by atoms with Crippen molar-refractivity contribution in [1.29, 1.82) is 0 Å². The Morgan fingerprint density at radius 2 is 1.90 bits per heavy atom. The summed E-state index contributed by atoms with van der Waals surface area (Å²) in [7, 11) is 0. The number of likely N-dealkylation sites (tertiary alicyclic amines) is 1. The summed E-state index contributed by atoms with van der Waals surface area (Å²) in [6, 6.07) is 15.8. The maximum Gasteiger partial charge on any atom is 0.328 e. The molecule has 0 radical (unpaired) electrons. The fourth-order valence-corrected chi connectivity index (χ4v) is 4.18. The molecule has 0 aromatic heterocycles. The summed E-state index contributed by atoms with van der Waals surface area (Å²) in [5.41, 5.74) is 2.18. The number of Topliss-reactive ketones (excluding diaryl/α,β-unsaturated/α-hetero) is 1. The Bertz CT molecular complexity index is 927. The molecule has 4 rings (SSSR count). The second kappa shape index (κ2) is 8.21. The van der Waals surface area contributed by atoms with E-state index in [0.29, 0.717) is 23.3 Å². The summed E-state index contributed by atoms with van der Waals surface area (Å²) < 4.78 is 6.33. The zero-order chi connectivity index (χ0) is 20.3. The molecule has 0 unspecified atom stereocenters. The summed E-state index contributed by atoms with van der Waals surface area (Å²) in [6.45, 7) is 2.87. The quantitative estimate of drug-likeness (QED) is 0.785. The van der Waals surface area contributed by atoms with Crippen LogP contribution < -0.4 is 4.74 Å². The van der Waals surface area contributed by atoms with Gasteiger partial charge in [-0.25, -0.2) is 4.79 Å². The van der Waals surface area contributed by atoms with Gasteiger partial charge in [0.1, 0.15) is 11.4 Å². The Morgan fingerprint density at radius 1 is 1.14 bits per heavy atom. The SMILES string of the molecule is O=C(O)C=Cc1ccc2c(c1)C(=O)CC1(CCN(CCc3ccccc3)CC1)O2. The summed E-state index contributed by atoms with van der Waals surface area (Å²) in [4.78, 5) is 26.0. The molecule has 5 heteroatoms. The maximum atomic E-state index is 12.8. The van der Waals surface area contributed by atoms with Crippen LogP contribution in [0, 0.1) is 0 Å². The Balaban J connectivity index is 1.39. The third kappa shape index (κ3) is 4.57. The Labute approximate surface area is 170 Å². The maximum absolute atomic E-state index is 12.8. The van der Waals surface area contributed by atoms with E-state index in [2.05, 4.69) is 29.2 Å². The number of carbonyl (C=O) groups is 2. The fraction of sp³-hybridized carbons (Fsp3) is 0.333. The molecule has 0 saturated carbocycles. The van der Waals surface area contributed by atoms with Gasteiger partial charge in [0.2, 0.25) is 0 Å². The number of hydrogen-bond donors (Lipinski definition) is 1. The lowest BCUT2D eigenvalue weighted by molar-refractivity contribution is -0.131. The number of fused-ring (bicyclic) bond motifs is 1. The Kier molecular flexibility index (Phi) is 5.49. The lowest BCUT2D eigenvalue weighted by atomic mass is 9.82. The molecule has 2 aliphatic rings. The van der Waals surface area contributed by atoms with E-state index in [1.54, 1.807) is 18.2 Å². The Hall–Kier alpha value is -2.92. The molecule has 1 saturated heterocycles. The molecule has 0 aliphatic carbocycles. The number of nitrogens with zero attached hydrogens (tertiary/aromatic N) is 1. The molecule has 1 fully saturated rings. The van der Waals surface area contributed by atoms with Crippen LogP contribution in [0.15, 0.2) is 54.6 Å². The van der Waals surface area contributed by atoms with Crippen molar-refractivity contribution in [2.24, 2.45) is 0 Å². The van der Waals surface area contributed by atoms with E-state index in [1.165, 1.54) is 11.6 Å². The highest BCUT2D eigenvalue weighted by atomic mass is 16.5. The van der Waals surface area contributed by atoms with E-state index in [9.17, 15) is 9.59 Å². The molecule has 0 amide bonds. The first-order valence-electron chi connectivity index (χ1n) is 10.1. The lowest BCUT2D eigenvalue weighted by Gasteiger charge is -2.44. The highest BCUT2D eigenvalue weighted by molar-refractivity contribution is 6.01. The van der Waals surface area contributed by atoms with Gasteiger partial charge in [-0.05, 0) is 35.8 Å². The minimum atomic E-state index is -1.01. The molecule has 150 valence electrons. The van der Waals surface area contributed by atoms with Gasteiger partial charge in [0.15, 0.2) is 5.78 Å². The standard InChI is InChI=1S/C24H25NO4/c26-21-17-24(29-22-8-6-19(16-20(21)22)7-9-23(27)28)11-14-25(15-12-24)13-10-18-4-2-1-3-5-18/h1-9,16H,10-15,17H2,(H,27,28). The number of ketones is 1. The molecule has 2 aromatic carbocycles. The number of rotatable bonds is 5. The van der Waals surface area contributed by atoms with E-state index in [-0.39, 0.29) is 5.78 Å². The van der Waals surface area contributed by atoms with Crippen LogP contribution in [0.25, 0.3) is 6.08 Å². The van der Waals surface area contributed by atoms with E-state index in [1.807, 2.05) is 6.07 Å². The third-order valence-electron chi connectivity index (χ3n) is 5.86. The zero-order valence-corrected chi connectivity index (χ0v) is 16.3. The molecule has 0 atom stereocenters. The van der Waals surface area contributed by atoms with Crippen LogP contribution in [0.3, 0.4) is 0 Å². The fourth-order valence-electron chi connectivity index (χ4n) is 4.18. The smallest absolute Gasteiger partial charge is 0.328 e.